The van der Waals surface area contributed by atoms with E-state index in [0.717, 1.165) is 4.31 Å². The van der Waals surface area contributed by atoms with Gasteiger partial charge in [0.05, 0.1) is 31.9 Å². The highest BCUT2D eigenvalue weighted by molar-refractivity contribution is 7.92. The number of amides is 1. The molecule has 0 saturated heterocycles. The fraction of sp³-hybridized carbons (Fsp3) is 0.316. The number of ether oxygens (including phenoxy) is 3. The molecule has 158 valence electrons. The van der Waals surface area contributed by atoms with Crippen molar-refractivity contribution < 1.29 is 27.4 Å². The Hall–Kier alpha value is -2.65. The molecule has 0 unspecified atom stereocenters. The van der Waals surface area contributed by atoms with Gasteiger partial charge in [0.2, 0.25) is 5.91 Å². The van der Waals surface area contributed by atoms with Crippen LogP contribution in [0.5, 0.6) is 17.2 Å². The second kappa shape index (κ2) is 9.23. The van der Waals surface area contributed by atoms with E-state index in [0.29, 0.717) is 10.8 Å². The summed E-state index contributed by atoms with van der Waals surface area (Å²) in [6.07, 6.45) is 0. The number of halogens is 1. The molecule has 0 spiro atoms. The minimum atomic E-state index is -4.18. The van der Waals surface area contributed by atoms with Crippen LogP contribution in [0.1, 0.15) is 0 Å². The van der Waals surface area contributed by atoms with Crippen LogP contribution in [-0.4, -0.2) is 61.2 Å². The summed E-state index contributed by atoms with van der Waals surface area (Å²) in [7, 11) is 3.16. The lowest BCUT2D eigenvalue weighted by Gasteiger charge is -2.27. The molecular weight excluding hydrogens is 420 g/mol. The van der Waals surface area contributed by atoms with Crippen molar-refractivity contribution in [3.63, 3.8) is 0 Å². The van der Waals surface area contributed by atoms with Gasteiger partial charge in [-0.05, 0) is 30.3 Å². The Kier molecular flexibility index (Phi) is 7.21. The van der Waals surface area contributed by atoms with E-state index in [2.05, 4.69) is 0 Å². The monoisotopic (exact) mass is 442 g/mol. The molecule has 0 fully saturated rings. The Morgan fingerprint density at radius 3 is 2.07 bits per heavy atom. The highest BCUT2D eigenvalue weighted by Gasteiger charge is 2.31. The third-order valence-electron chi connectivity index (χ3n) is 4.13. The summed E-state index contributed by atoms with van der Waals surface area (Å²) in [6, 6.07) is 8.72. The van der Waals surface area contributed by atoms with Crippen molar-refractivity contribution >= 4 is 33.2 Å². The van der Waals surface area contributed by atoms with Crippen LogP contribution in [0.4, 0.5) is 5.69 Å². The van der Waals surface area contributed by atoms with Crippen molar-refractivity contribution in [3.8, 4) is 17.2 Å². The van der Waals surface area contributed by atoms with Crippen molar-refractivity contribution in [2.45, 2.75) is 4.90 Å². The van der Waals surface area contributed by atoms with Crippen LogP contribution >= 0.6 is 11.6 Å². The van der Waals surface area contributed by atoms with Gasteiger partial charge >= 0.3 is 0 Å². The average molecular weight is 443 g/mol. The van der Waals surface area contributed by atoms with Gasteiger partial charge in [0.25, 0.3) is 10.0 Å². The molecule has 0 bridgehead atoms. The molecule has 0 aliphatic carbocycles. The molecule has 0 heterocycles. The number of carbonyl (C=O) groups excluding carboxylic acids is 1. The Bertz CT molecular complexity index is 994. The number of nitrogens with zero attached hydrogens (tertiary/aromatic N) is 2. The van der Waals surface area contributed by atoms with Gasteiger partial charge in [-0.2, -0.15) is 0 Å². The van der Waals surface area contributed by atoms with Crippen LogP contribution in [0.15, 0.2) is 41.3 Å². The first-order valence-corrected chi connectivity index (χ1v) is 10.3. The molecule has 10 heteroatoms. The number of carbonyl (C=O) groups is 1. The van der Waals surface area contributed by atoms with Gasteiger partial charge in [-0.25, -0.2) is 8.42 Å². The van der Waals surface area contributed by atoms with Gasteiger partial charge in [0.1, 0.15) is 12.3 Å². The number of hydrogen-bond acceptors (Lipinski definition) is 6. The maximum absolute atomic E-state index is 13.5. The van der Waals surface area contributed by atoms with Gasteiger partial charge in [-0.15, -0.1) is 0 Å². The number of benzene rings is 2. The number of sulfonamides is 1. The van der Waals surface area contributed by atoms with E-state index < -0.39 is 22.5 Å². The molecule has 0 saturated carbocycles. The molecule has 2 rings (SSSR count). The molecule has 0 atom stereocenters. The topological polar surface area (TPSA) is 85.4 Å². The normalized spacial score (nSPS) is 11.0. The first-order valence-electron chi connectivity index (χ1n) is 8.44. The van der Waals surface area contributed by atoms with E-state index in [1.54, 1.807) is 20.2 Å². The van der Waals surface area contributed by atoms with E-state index in [1.807, 2.05) is 0 Å². The van der Waals surface area contributed by atoms with Gasteiger partial charge in [-0.1, -0.05) is 11.6 Å². The Balaban J connectivity index is 2.68. The average Bonchev–Trinajstić information content (AvgIpc) is 2.70. The largest absolute Gasteiger partial charge is 0.495 e. The van der Waals surface area contributed by atoms with Gasteiger partial charge < -0.3 is 19.1 Å². The van der Waals surface area contributed by atoms with Crippen LogP contribution in [0.25, 0.3) is 0 Å². The molecule has 0 aromatic heterocycles. The number of hydrogen-bond donors (Lipinski definition) is 0. The standard InChI is InChI=1S/C19H23ClN2O6S/c1-21(2)19(23)12-22(15-10-13(20)6-8-16(15)26-3)29(24,25)14-7-9-17(27-4)18(11-14)28-5/h6-11H,12H2,1-5H3. The summed E-state index contributed by atoms with van der Waals surface area (Å²) < 4.78 is 43.6. The van der Waals surface area contributed by atoms with Crippen LogP contribution in [0.2, 0.25) is 5.02 Å². The second-order valence-electron chi connectivity index (χ2n) is 6.13. The van der Waals surface area contributed by atoms with E-state index in [1.165, 1.54) is 56.6 Å². The molecule has 0 N–H and O–H groups in total. The first kappa shape index (κ1) is 22.6. The molecular formula is C19H23ClN2O6S. The number of anilines is 1. The summed E-state index contributed by atoms with van der Waals surface area (Å²) in [5, 5.41) is 0.297. The lowest BCUT2D eigenvalue weighted by atomic mass is 10.3. The second-order valence-corrected chi connectivity index (χ2v) is 8.43. The zero-order valence-electron chi connectivity index (χ0n) is 16.8. The fourth-order valence-electron chi connectivity index (χ4n) is 2.53. The Labute approximate surface area is 175 Å². The zero-order chi connectivity index (χ0) is 21.8. The lowest BCUT2D eigenvalue weighted by molar-refractivity contribution is -0.127. The summed E-state index contributed by atoms with van der Waals surface area (Å²) in [4.78, 5) is 13.6. The summed E-state index contributed by atoms with van der Waals surface area (Å²) in [5.41, 5.74) is 0.144. The number of methoxy groups -OCH3 is 3. The molecule has 29 heavy (non-hydrogen) atoms. The van der Waals surface area contributed by atoms with Crippen LogP contribution < -0.4 is 18.5 Å². The van der Waals surface area contributed by atoms with Crippen molar-refractivity contribution in [2.75, 3.05) is 46.3 Å². The molecule has 0 aliphatic heterocycles. The SMILES string of the molecule is COc1ccc(S(=O)(=O)N(CC(=O)N(C)C)c2cc(Cl)ccc2OC)cc1OC. The third-order valence-corrected chi connectivity index (χ3v) is 6.12. The molecule has 2 aromatic rings. The molecule has 1 amide bonds. The number of rotatable bonds is 8. The Morgan fingerprint density at radius 1 is 0.931 bits per heavy atom. The van der Waals surface area contributed by atoms with Crippen LogP contribution in [0, 0.1) is 0 Å². The molecule has 8 nitrogen and oxygen atoms in total. The summed E-state index contributed by atoms with van der Waals surface area (Å²) >= 11 is 6.09. The smallest absolute Gasteiger partial charge is 0.265 e. The zero-order valence-corrected chi connectivity index (χ0v) is 18.4. The highest BCUT2D eigenvalue weighted by atomic mass is 35.5. The molecule has 0 aliphatic rings. The van der Waals surface area contributed by atoms with E-state index in [4.69, 9.17) is 25.8 Å². The predicted octanol–water partition coefficient (Wildman–Crippen LogP) is 2.65. The van der Waals surface area contributed by atoms with E-state index in [-0.39, 0.29) is 22.1 Å². The van der Waals surface area contributed by atoms with Crippen LogP contribution in [-0.2, 0) is 14.8 Å². The molecule has 0 radical (unpaired) electrons. The molecule has 2 aromatic carbocycles. The maximum Gasteiger partial charge on any atom is 0.265 e. The Morgan fingerprint density at radius 2 is 1.52 bits per heavy atom. The maximum atomic E-state index is 13.5. The van der Waals surface area contributed by atoms with E-state index in [9.17, 15) is 13.2 Å². The van der Waals surface area contributed by atoms with Gasteiger partial charge in [0.15, 0.2) is 11.5 Å². The lowest BCUT2D eigenvalue weighted by Crippen LogP contribution is -2.40. The predicted molar refractivity (Wildman–Crippen MR) is 111 cm³/mol. The summed E-state index contributed by atoms with van der Waals surface area (Å²) in [6.45, 7) is -0.444. The van der Waals surface area contributed by atoms with Crippen molar-refractivity contribution in [2.24, 2.45) is 0 Å². The van der Waals surface area contributed by atoms with Crippen molar-refractivity contribution in [1.82, 2.24) is 4.90 Å². The highest BCUT2D eigenvalue weighted by Crippen LogP contribution is 2.37. The summed E-state index contributed by atoms with van der Waals surface area (Å²) in [5.74, 6) is 0.453. The van der Waals surface area contributed by atoms with Crippen molar-refractivity contribution in [1.29, 1.82) is 0 Å². The van der Waals surface area contributed by atoms with Gasteiger partial charge in [0, 0.05) is 25.2 Å². The first-order chi connectivity index (χ1) is 13.6. The van der Waals surface area contributed by atoms with Crippen LogP contribution in [0.3, 0.4) is 0 Å². The third kappa shape index (κ3) is 4.86. The minimum Gasteiger partial charge on any atom is -0.495 e. The number of likely N-dealkylation sites (N-methyl/N-ethyl adjacent to an activating group) is 1. The minimum absolute atomic E-state index is 0.0799. The van der Waals surface area contributed by atoms with Crippen molar-refractivity contribution in [3.05, 3.63) is 41.4 Å². The van der Waals surface area contributed by atoms with Gasteiger partial charge in [-0.3, -0.25) is 9.10 Å². The quantitative estimate of drug-likeness (QED) is 0.624. The fourth-order valence-corrected chi connectivity index (χ4v) is 4.13. The van der Waals surface area contributed by atoms with E-state index >= 15 is 0 Å².